The van der Waals surface area contributed by atoms with E-state index in [1.807, 2.05) is 12.2 Å². The quantitative estimate of drug-likeness (QED) is 0.815. The van der Waals surface area contributed by atoms with Gasteiger partial charge in [-0.1, -0.05) is 6.08 Å². The van der Waals surface area contributed by atoms with Crippen LogP contribution < -0.4 is 9.47 Å². The third-order valence-corrected chi connectivity index (χ3v) is 1.98. The summed E-state index contributed by atoms with van der Waals surface area (Å²) >= 11 is 0. The summed E-state index contributed by atoms with van der Waals surface area (Å²) < 4.78 is 10.4. The zero-order chi connectivity index (χ0) is 10.7. The smallest absolute Gasteiger partial charge is 0.341 e. The molecule has 0 fully saturated rings. The first kappa shape index (κ1) is 9.58. The molecule has 4 nitrogen and oxygen atoms in total. The molecule has 1 aromatic carbocycles. The van der Waals surface area contributed by atoms with Gasteiger partial charge in [-0.05, 0) is 24.3 Å². The van der Waals surface area contributed by atoms with Gasteiger partial charge < -0.3 is 14.6 Å². The largest absolute Gasteiger partial charge is 0.489 e. The van der Waals surface area contributed by atoms with Crippen LogP contribution >= 0.6 is 0 Å². The highest BCUT2D eigenvalue weighted by atomic mass is 16.5. The van der Waals surface area contributed by atoms with E-state index in [9.17, 15) is 4.79 Å². The van der Waals surface area contributed by atoms with Gasteiger partial charge in [-0.15, -0.1) is 0 Å². The van der Waals surface area contributed by atoms with Crippen molar-refractivity contribution in [2.75, 3.05) is 13.2 Å². The Morgan fingerprint density at radius 1 is 1.53 bits per heavy atom. The topological polar surface area (TPSA) is 55.8 Å². The highest BCUT2D eigenvalue weighted by Gasteiger charge is 2.07. The summed E-state index contributed by atoms with van der Waals surface area (Å²) in [5.74, 6) is 0.339. The first-order valence-electron chi connectivity index (χ1n) is 4.54. The summed E-state index contributed by atoms with van der Waals surface area (Å²) in [4.78, 5) is 10.3. The normalized spacial score (nSPS) is 12.8. The number of carboxylic acids is 1. The fourth-order valence-electron chi connectivity index (χ4n) is 1.34. The van der Waals surface area contributed by atoms with Crippen molar-refractivity contribution in [1.82, 2.24) is 0 Å². The lowest BCUT2D eigenvalue weighted by molar-refractivity contribution is -0.139. The van der Waals surface area contributed by atoms with Gasteiger partial charge in [0.05, 0.1) is 0 Å². The molecular weight excluding hydrogens is 196 g/mol. The molecule has 1 aromatic rings. The van der Waals surface area contributed by atoms with Crippen LogP contribution in [0.2, 0.25) is 0 Å². The van der Waals surface area contributed by atoms with E-state index in [0.29, 0.717) is 12.4 Å². The van der Waals surface area contributed by atoms with E-state index < -0.39 is 5.97 Å². The summed E-state index contributed by atoms with van der Waals surface area (Å²) in [6.07, 6.45) is 3.82. The fraction of sp³-hybridized carbons (Fsp3) is 0.182. The molecule has 0 spiro atoms. The zero-order valence-corrected chi connectivity index (χ0v) is 7.97. The van der Waals surface area contributed by atoms with E-state index in [1.165, 1.54) is 0 Å². The van der Waals surface area contributed by atoms with Gasteiger partial charge in [0.15, 0.2) is 6.61 Å². The van der Waals surface area contributed by atoms with Crippen LogP contribution in [0.3, 0.4) is 0 Å². The monoisotopic (exact) mass is 206 g/mol. The second-order valence-corrected chi connectivity index (χ2v) is 3.10. The Bertz CT molecular complexity index is 409. The summed E-state index contributed by atoms with van der Waals surface area (Å²) in [6, 6.07) is 5.23. The van der Waals surface area contributed by atoms with Crippen LogP contribution in [0.15, 0.2) is 24.3 Å². The molecule has 4 heteroatoms. The Morgan fingerprint density at radius 2 is 2.40 bits per heavy atom. The Balaban J connectivity index is 2.15. The fourth-order valence-corrected chi connectivity index (χ4v) is 1.34. The van der Waals surface area contributed by atoms with Crippen LogP contribution in [0.4, 0.5) is 0 Å². The summed E-state index contributed by atoms with van der Waals surface area (Å²) in [5.41, 5.74) is 0.907. The maximum Gasteiger partial charge on any atom is 0.341 e. The summed E-state index contributed by atoms with van der Waals surface area (Å²) in [7, 11) is 0. The molecule has 0 unspecified atom stereocenters. The average Bonchev–Trinajstić information content (AvgIpc) is 2.26. The van der Waals surface area contributed by atoms with Crippen molar-refractivity contribution in [1.29, 1.82) is 0 Å². The molecular formula is C11H10O4. The first-order chi connectivity index (χ1) is 7.25. The Labute approximate surface area is 86.7 Å². The van der Waals surface area contributed by atoms with Gasteiger partial charge in [-0.2, -0.15) is 0 Å². The molecule has 0 saturated heterocycles. The lowest BCUT2D eigenvalue weighted by Crippen LogP contribution is -2.09. The van der Waals surface area contributed by atoms with E-state index >= 15 is 0 Å². The Morgan fingerprint density at radius 3 is 3.20 bits per heavy atom. The Kier molecular flexibility index (Phi) is 2.58. The minimum atomic E-state index is -0.987. The number of rotatable bonds is 3. The third-order valence-electron chi connectivity index (χ3n) is 1.98. The van der Waals surface area contributed by atoms with Gasteiger partial charge in [0.1, 0.15) is 18.1 Å². The molecule has 1 aliphatic heterocycles. The first-order valence-corrected chi connectivity index (χ1v) is 4.54. The van der Waals surface area contributed by atoms with Crippen molar-refractivity contribution in [2.45, 2.75) is 0 Å². The lowest BCUT2D eigenvalue weighted by Gasteiger charge is -2.13. The van der Waals surface area contributed by atoms with Gasteiger partial charge in [-0.25, -0.2) is 4.79 Å². The second kappa shape index (κ2) is 4.04. The van der Waals surface area contributed by atoms with E-state index in [2.05, 4.69) is 0 Å². The molecule has 0 saturated carbocycles. The van der Waals surface area contributed by atoms with Crippen LogP contribution in [0.1, 0.15) is 5.56 Å². The molecule has 1 N–H and O–H groups in total. The van der Waals surface area contributed by atoms with Gasteiger partial charge in [0.2, 0.25) is 0 Å². The van der Waals surface area contributed by atoms with Gasteiger partial charge in [0.25, 0.3) is 0 Å². The van der Waals surface area contributed by atoms with E-state index in [-0.39, 0.29) is 6.61 Å². The molecule has 1 aliphatic rings. The van der Waals surface area contributed by atoms with Crippen LogP contribution in [0.25, 0.3) is 6.08 Å². The predicted molar refractivity (Wildman–Crippen MR) is 54.1 cm³/mol. The highest BCUT2D eigenvalue weighted by molar-refractivity contribution is 5.68. The molecule has 0 aromatic heterocycles. The maximum atomic E-state index is 10.3. The zero-order valence-electron chi connectivity index (χ0n) is 7.97. The van der Waals surface area contributed by atoms with Gasteiger partial charge in [-0.3, -0.25) is 0 Å². The van der Waals surface area contributed by atoms with Crippen LogP contribution in [0, 0.1) is 0 Å². The number of hydrogen-bond acceptors (Lipinski definition) is 3. The van der Waals surface area contributed by atoms with Crippen LogP contribution in [-0.2, 0) is 4.79 Å². The van der Waals surface area contributed by atoms with Crippen molar-refractivity contribution in [3.05, 3.63) is 29.8 Å². The van der Waals surface area contributed by atoms with E-state index in [1.54, 1.807) is 18.2 Å². The predicted octanol–water partition coefficient (Wildman–Crippen LogP) is 1.56. The molecule has 0 atom stereocenters. The Hall–Kier alpha value is -1.97. The molecule has 0 radical (unpaired) electrons. The number of carbonyl (C=O) groups is 1. The van der Waals surface area contributed by atoms with E-state index in [0.717, 1.165) is 11.3 Å². The van der Waals surface area contributed by atoms with E-state index in [4.69, 9.17) is 14.6 Å². The van der Waals surface area contributed by atoms with Crippen molar-refractivity contribution >= 4 is 12.0 Å². The number of fused-ring (bicyclic) bond motifs is 1. The molecule has 0 aliphatic carbocycles. The molecule has 0 bridgehead atoms. The van der Waals surface area contributed by atoms with Crippen molar-refractivity contribution in [3.63, 3.8) is 0 Å². The maximum absolute atomic E-state index is 10.3. The van der Waals surface area contributed by atoms with Gasteiger partial charge >= 0.3 is 5.97 Å². The SMILES string of the molecule is O=C(O)COc1ccc2c(c1)C=CCO2. The average molecular weight is 206 g/mol. The summed E-state index contributed by atoms with van der Waals surface area (Å²) in [5, 5.41) is 8.45. The molecule has 0 amide bonds. The molecule has 1 heterocycles. The van der Waals surface area contributed by atoms with Crippen LogP contribution in [-0.4, -0.2) is 24.3 Å². The molecule has 15 heavy (non-hydrogen) atoms. The number of carboxylic acid groups (broad SMARTS) is 1. The van der Waals surface area contributed by atoms with Crippen molar-refractivity contribution < 1.29 is 19.4 Å². The van der Waals surface area contributed by atoms with Crippen molar-refractivity contribution in [3.8, 4) is 11.5 Å². The van der Waals surface area contributed by atoms with Crippen molar-refractivity contribution in [2.24, 2.45) is 0 Å². The van der Waals surface area contributed by atoms with Crippen LogP contribution in [0.5, 0.6) is 11.5 Å². The number of ether oxygens (including phenoxy) is 2. The standard InChI is InChI=1S/C11H10O4/c12-11(13)7-15-9-3-4-10-8(6-9)2-1-5-14-10/h1-4,6H,5,7H2,(H,12,13). The molecule has 2 rings (SSSR count). The third kappa shape index (κ3) is 2.28. The number of benzene rings is 1. The summed E-state index contributed by atoms with van der Waals surface area (Å²) in [6.45, 7) is 0.242. The molecule has 78 valence electrons. The minimum absolute atomic E-state index is 0.330. The highest BCUT2D eigenvalue weighted by Crippen LogP contribution is 2.27. The number of hydrogen-bond donors (Lipinski definition) is 1. The lowest BCUT2D eigenvalue weighted by atomic mass is 10.1. The van der Waals surface area contributed by atoms with Gasteiger partial charge in [0, 0.05) is 5.56 Å². The second-order valence-electron chi connectivity index (χ2n) is 3.10. The number of aliphatic carboxylic acids is 1. The minimum Gasteiger partial charge on any atom is -0.489 e.